The van der Waals surface area contributed by atoms with Crippen LogP contribution in [0.2, 0.25) is 0 Å². The molecule has 1 saturated heterocycles. The largest absolute Gasteiger partial charge is 0.392 e. The number of hydrogen-bond acceptors (Lipinski definition) is 2. The van der Waals surface area contributed by atoms with E-state index in [-0.39, 0.29) is 23.0 Å². The first kappa shape index (κ1) is 12.7. The maximum Gasteiger partial charge on any atom is 0.0717 e. The van der Waals surface area contributed by atoms with Crippen molar-refractivity contribution < 1.29 is 9.84 Å². The van der Waals surface area contributed by atoms with Crippen molar-refractivity contribution in [1.82, 2.24) is 0 Å². The second-order valence-electron chi connectivity index (χ2n) is 7.10. The van der Waals surface area contributed by atoms with Gasteiger partial charge in [0.15, 0.2) is 0 Å². The molecule has 1 N–H and O–H groups in total. The fraction of sp³-hybridized carbons (Fsp3) is 0.875. The van der Waals surface area contributed by atoms with E-state index in [4.69, 9.17) is 4.74 Å². The topological polar surface area (TPSA) is 29.5 Å². The van der Waals surface area contributed by atoms with Gasteiger partial charge >= 0.3 is 0 Å². The van der Waals surface area contributed by atoms with Crippen LogP contribution in [0.4, 0.5) is 0 Å². The lowest BCUT2D eigenvalue weighted by Crippen LogP contribution is -2.48. The zero-order valence-electron chi connectivity index (χ0n) is 11.9. The lowest BCUT2D eigenvalue weighted by atomic mass is 9.61. The summed E-state index contributed by atoms with van der Waals surface area (Å²) in [6.45, 7) is 11.6. The fourth-order valence-electron chi connectivity index (χ4n) is 5.11. The smallest absolute Gasteiger partial charge is 0.0717 e. The number of ether oxygens (including phenoxy) is 1. The summed E-state index contributed by atoms with van der Waals surface area (Å²) in [7, 11) is 0. The first-order chi connectivity index (χ1) is 8.44. The third-order valence-corrected chi connectivity index (χ3v) is 6.68. The monoisotopic (exact) mass is 250 g/mol. The van der Waals surface area contributed by atoms with Crippen molar-refractivity contribution in [1.29, 1.82) is 0 Å². The third kappa shape index (κ3) is 1.26. The Balaban J connectivity index is 2.04. The molecule has 0 aromatic carbocycles. The molecule has 1 heterocycles. The molecule has 18 heavy (non-hydrogen) atoms. The number of rotatable bonds is 0. The van der Waals surface area contributed by atoms with E-state index >= 15 is 0 Å². The second kappa shape index (κ2) is 3.83. The minimum Gasteiger partial charge on any atom is -0.392 e. The molecule has 3 aliphatic rings. The van der Waals surface area contributed by atoms with Crippen molar-refractivity contribution >= 4 is 0 Å². The predicted octanol–water partition coefficient (Wildman–Crippen LogP) is 3.15. The van der Waals surface area contributed by atoms with Crippen LogP contribution in [0.1, 0.15) is 46.5 Å². The molecule has 1 aliphatic heterocycles. The molecule has 6 atom stereocenters. The van der Waals surface area contributed by atoms with Crippen molar-refractivity contribution in [3.8, 4) is 0 Å². The summed E-state index contributed by atoms with van der Waals surface area (Å²) in [4.78, 5) is 0. The highest BCUT2D eigenvalue weighted by atomic mass is 16.5. The van der Waals surface area contributed by atoms with E-state index < -0.39 is 0 Å². The first-order valence-corrected chi connectivity index (χ1v) is 7.42. The van der Waals surface area contributed by atoms with Gasteiger partial charge in [-0.1, -0.05) is 33.3 Å². The minimum absolute atomic E-state index is 0.0587. The van der Waals surface area contributed by atoms with Crippen molar-refractivity contribution in [2.75, 3.05) is 6.61 Å². The molecule has 2 nitrogen and oxygen atoms in total. The van der Waals surface area contributed by atoms with Gasteiger partial charge in [-0.15, -0.1) is 0 Å². The molecule has 3 fully saturated rings. The SMILES string of the molecule is C=C1CO[C@H](C)C12CC1CCCC(C)C1(C)C2O. The summed E-state index contributed by atoms with van der Waals surface area (Å²) < 4.78 is 5.80. The molecule has 2 heteroatoms. The molecule has 0 aromatic heterocycles. The highest BCUT2D eigenvalue weighted by molar-refractivity contribution is 5.28. The van der Waals surface area contributed by atoms with Gasteiger partial charge < -0.3 is 9.84 Å². The van der Waals surface area contributed by atoms with Crippen LogP contribution in [0.25, 0.3) is 0 Å². The Morgan fingerprint density at radius 1 is 1.33 bits per heavy atom. The Bertz CT molecular complexity index is 377. The Hall–Kier alpha value is -0.340. The van der Waals surface area contributed by atoms with Crippen LogP contribution in [0, 0.1) is 22.7 Å². The van der Waals surface area contributed by atoms with Crippen molar-refractivity contribution in [3.63, 3.8) is 0 Å². The molecule has 5 unspecified atom stereocenters. The van der Waals surface area contributed by atoms with Gasteiger partial charge in [0.2, 0.25) is 0 Å². The minimum atomic E-state index is -0.282. The van der Waals surface area contributed by atoms with E-state index in [9.17, 15) is 5.11 Å². The van der Waals surface area contributed by atoms with Gasteiger partial charge in [-0.3, -0.25) is 0 Å². The quantitative estimate of drug-likeness (QED) is 0.669. The molecular weight excluding hydrogens is 224 g/mol. The number of fused-ring (bicyclic) bond motifs is 1. The summed E-state index contributed by atoms with van der Waals surface area (Å²) in [5, 5.41) is 11.1. The highest BCUT2D eigenvalue weighted by Gasteiger charge is 2.66. The molecule has 3 rings (SSSR count). The van der Waals surface area contributed by atoms with Gasteiger partial charge in [-0.05, 0) is 42.6 Å². The average Bonchev–Trinajstić information content (AvgIpc) is 2.75. The number of hydrogen-bond donors (Lipinski definition) is 1. The number of aliphatic hydroxyl groups is 1. The maximum atomic E-state index is 11.1. The van der Waals surface area contributed by atoms with E-state index in [0.29, 0.717) is 18.4 Å². The van der Waals surface area contributed by atoms with Gasteiger partial charge in [0.25, 0.3) is 0 Å². The van der Waals surface area contributed by atoms with Gasteiger partial charge in [-0.25, -0.2) is 0 Å². The van der Waals surface area contributed by atoms with Crippen LogP contribution in [0.3, 0.4) is 0 Å². The molecule has 2 aliphatic carbocycles. The van der Waals surface area contributed by atoms with Crippen molar-refractivity contribution in [2.45, 2.75) is 58.7 Å². The van der Waals surface area contributed by atoms with Gasteiger partial charge in [0.05, 0.1) is 18.8 Å². The van der Waals surface area contributed by atoms with E-state index in [1.54, 1.807) is 0 Å². The van der Waals surface area contributed by atoms with Crippen LogP contribution in [0.15, 0.2) is 12.2 Å². The van der Waals surface area contributed by atoms with Gasteiger partial charge in [0.1, 0.15) is 0 Å². The van der Waals surface area contributed by atoms with E-state index in [0.717, 1.165) is 12.0 Å². The Labute approximate surface area is 110 Å². The lowest BCUT2D eigenvalue weighted by molar-refractivity contribution is -0.0756. The summed E-state index contributed by atoms with van der Waals surface area (Å²) in [6.07, 6.45) is 4.74. The molecule has 0 radical (unpaired) electrons. The highest BCUT2D eigenvalue weighted by Crippen LogP contribution is 2.65. The lowest BCUT2D eigenvalue weighted by Gasteiger charge is -2.45. The zero-order chi connectivity index (χ0) is 13.1. The van der Waals surface area contributed by atoms with Gasteiger partial charge in [-0.2, -0.15) is 0 Å². The fourth-order valence-corrected chi connectivity index (χ4v) is 5.11. The van der Waals surface area contributed by atoms with Crippen molar-refractivity contribution in [2.24, 2.45) is 22.7 Å². The Morgan fingerprint density at radius 3 is 2.61 bits per heavy atom. The Morgan fingerprint density at radius 2 is 2.06 bits per heavy atom. The predicted molar refractivity (Wildman–Crippen MR) is 72.2 cm³/mol. The summed E-state index contributed by atoms with van der Waals surface area (Å²) in [5.74, 6) is 1.24. The van der Waals surface area contributed by atoms with Crippen LogP contribution in [-0.2, 0) is 4.74 Å². The zero-order valence-corrected chi connectivity index (χ0v) is 11.9. The molecule has 1 spiro atoms. The van der Waals surface area contributed by atoms with Crippen LogP contribution in [-0.4, -0.2) is 23.9 Å². The van der Waals surface area contributed by atoms with E-state index in [1.807, 2.05) is 0 Å². The summed E-state index contributed by atoms with van der Waals surface area (Å²) in [6, 6.07) is 0. The maximum absolute atomic E-state index is 11.1. The molecule has 0 bridgehead atoms. The van der Waals surface area contributed by atoms with Crippen molar-refractivity contribution in [3.05, 3.63) is 12.2 Å². The van der Waals surface area contributed by atoms with Crippen LogP contribution < -0.4 is 0 Å². The standard InChI is InChI=1S/C16H26O2/c1-10-6-5-7-13-8-16(14(17)15(10,13)4)11(2)9-18-12(16)3/h10,12-14,17H,2,5-9H2,1,3-4H3/t10?,12-,13?,14?,15?,16?/m1/s1. The summed E-state index contributed by atoms with van der Waals surface area (Å²) in [5.41, 5.74) is 1.02. The molecular formula is C16H26O2. The number of aliphatic hydroxyl groups excluding tert-OH is 1. The van der Waals surface area contributed by atoms with Crippen LogP contribution in [0.5, 0.6) is 0 Å². The first-order valence-electron chi connectivity index (χ1n) is 7.42. The molecule has 2 saturated carbocycles. The van der Waals surface area contributed by atoms with E-state index in [1.165, 1.54) is 19.3 Å². The molecule has 0 amide bonds. The normalized spacial score (nSPS) is 56.1. The molecule has 102 valence electrons. The summed E-state index contributed by atoms with van der Waals surface area (Å²) >= 11 is 0. The van der Waals surface area contributed by atoms with Gasteiger partial charge in [0, 0.05) is 5.41 Å². The Kier molecular flexibility index (Phi) is 2.70. The molecule has 0 aromatic rings. The van der Waals surface area contributed by atoms with E-state index in [2.05, 4.69) is 27.4 Å². The van der Waals surface area contributed by atoms with Crippen LogP contribution >= 0.6 is 0 Å². The average molecular weight is 250 g/mol. The third-order valence-electron chi connectivity index (χ3n) is 6.68. The second-order valence-corrected chi connectivity index (χ2v) is 7.10.